The molecule has 0 saturated heterocycles. The SMILES string of the molecule is O=C1c2ccccc2CO[C@]12OCc1ccccc12. The van der Waals surface area contributed by atoms with E-state index in [1.807, 2.05) is 48.5 Å². The molecule has 0 bridgehead atoms. The van der Waals surface area contributed by atoms with Gasteiger partial charge >= 0.3 is 0 Å². The molecule has 94 valence electrons. The van der Waals surface area contributed by atoms with Crippen molar-refractivity contribution in [3.8, 4) is 0 Å². The van der Waals surface area contributed by atoms with Crippen molar-refractivity contribution in [3.63, 3.8) is 0 Å². The van der Waals surface area contributed by atoms with Gasteiger partial charge in [-0.3, -0.25) is 4.79 Å². The Balaban J connectivity index is 1.90. The lowest BCUT2D eigenvalue weighted by molar-refractivity contribution is -0.212. The molecule has 0 saturated carbocycles. The van der Waals surface area contributed by atoms with Gasteiger partial charge in [-0.2, -0.15) is 0 Å². The van der Waals surface area contributed by atoms with Gasteiger partial charge in [0, 0.05) is 11.1 Å². The Labute approximate surface area is 110 Å². The summed E-state index contributed by atoms with van der Waals surface area (Å²) in [5.41, 5.74) is 3.49. The third-order valence-corrected chi connectivity index (χ3v) is 3.79. The predicted octanol–water partition coefficient (Wildman–Crippen LogP) is 2.78. The van der Waals surface area contributed by atoms with Crippen LogP contribution >= 0.6 is 0 Å². The van der Waals surface area contributed by atoms with Crippen LogP contribution in [0.4, 0.5) is 0 Å². The molecular weight excluding hydrogens is 240 g/mol. The number of rotatable bonds is 0. The highest BCUT2D eigenvalue weighted by Crippen LogP contribution is 2.43. The lowest BCUT2D eigenvalue weighted by Crippen LogP contribution is -2.42. The molecule has 4 rings (SSSR count). The van der Waals surface area contributed by atoms with E-state index in [-0.39, 0.29) is 5.78 Å². The average Bonchev–Trinajstić information content (AvgIpc) is 2.84. The second kappa shape index (κ2) is 3.76. The Morgan fingerprint density at radius 1 is 0.842 bits per heavy atom. The number of carbonyl (C=O) groups excluding carboxylic acids is 1. The molecule has 0 amide bonds. The minimum Gasteiger partial charge on any atom is -0.335 e. The maximum Gasteiger partial charge on any atom is 0.262 e. The molecule has 0 N–H and O–H groups in total. The molecule has 2 aromatic rings. The number of hydrogen-bond acceptors (Lipinski definition) is 3. The van der Waals surface area contributed by atoms with Gasteiger partial charge in [-0.1, -0.05) is 48.5 Å². The third kappa shape index (κ3) is 1.37. The summed E-state index contributed by atoms with van der Waals surface area (Å²) in [5.74, 6) is -1.33. The molecular formula is C16H12O3. The fourth-order valence-corrected chi connectivity index (χ4v) is 2.82. The predicted molar refractivity (Wildman–Crippen MR) is 68.5 cm³/mol. The van der Waals surface area contributed by atoms with Crippen molar-refractivity contribution >= 4 is 5.78 Å². The Bertz CT molecular complexity index is 677. The average molecular weight is 252 g/mol. The smallest absolute Gasteiger partial charge is 0.262 e. The second-order valence-corrected chi connectivity index (χ2v) is 4.84. The summed E-state index contributed by atoms with van der Waals surface area (Å²) >= 11 is 0. The maximum absolute atomic E-state index is 12.8. The molecule has 0 radical (unpaired) electrons. The van der Waals surface area contributed by atoms with E-state index in [0.29, 0.717) is 18.8 Å². The van der Waals surface area contributed by atoms with E-state index in [2.05, 4.69) is 0 Å². The Morgan fingerprint density at radius 3 is 2.32 bits per heavy atom. The first kappa shape index (κ1) is 10.9. The van der Waals surface area contributed by atoms with Crippen LogP contribution in [0, 0.1) is 0 Å². The van der Waals surface area contributed by atoms with Crippen LogP contribution < -0.4 is 0 Å². The molecule has 0 fully saturated rings. The number of Topliss-reactive ketones (excluding diaryl/α,β-unsaturated/α-hetero) is 1. The fourth-order valence-electron chi connectivity index (χ4n) is 2.82. The van der Waals surface area contributed by atoms with Gasteiger partial charge in [0.2, 0.25) is 5.78 Å². The lowest BCUT2D eigenvalue weighted by atomic mass is 9.90. The van der Waals surface area contributed by atoms with Crippen molar-refractivity contribution in [3.05, 3.63) is 70.8 Å². The van der Waals surface area contributed by atoms with E-state index in [1.165, 1.54) is 0 Å². The summed E-state index contributed by atoms with van der Waals surface area (Å²) in [6.45, 7) is 0.820. The summed E-state index contributed by atoms with van der Waals surface area (Å²) in [4.78, 5) is 12.8. The second-order valence-electron chi connectivity index (χ2n) is 4.84. The Kier molecular flexibility index (Phi) is 2.16. The molecule has 1 atom stereocenters. The zero-order valence-corrected chi connectivity index (χ0v) is 10.3. The zero-order chi connectivity index (χ0) is 12.9. The summed E-state index contributed by atoms with van der Waals surface area (Å²) in [6, 6.07) is 15.3. The zero-order valence-electron chi connectivity index (χ0n) is 10.3. The van der Waals surface area contributed by atoms with Crippen LogP contribution in [-0.2, 0) is 28.5 Å². The van der Waals surface area contributed by atoms with Gasteiger partial charge in [0.05, 0.1) is 13.2 Å². The van der Waals surface area contributed by atoms with Crippen LogP contribution in [0.15, 0.2) is 48.5 Å². The van der Waals surface area contributed by atoms with Crippen molar-refractivity contribution < 1.29 is 14.3 Å². The highest BCUT2D eigenvalue weighted by Gasteiger charge is 2.51. The number of ketones is 1. The van der Waals surface area contributed by atoms with E-state index in [9.17, 15) is 4.79 Å². The molecule has 0 aliphatic carbocycles. The van der Waals surface area contributed by atoms with Crippen molar-refractivity contribution in [2.75, 3.05) is 0 Å². The van der Waals surface area contributed by atoms with E-state index in [4.69, 9.17) is 9.47 Å². The number of fused-ring (bicyclic) bond motifs is 3. The van der Waals surface area contributed by atoms with Gasteiger partial charge < -0.3 is 9.47 Å². The number of carbonyl (C=O) groups is 1. The number of benzene rings is 2. The standard InChI is InChI=1S/C16H12O3/c17-15-13-7-3-1-5-11(13)9-18-16(15)14-8-4-2-6-12(14)10-19-16/h1-8H,9-10H2/t16-/m1/s1. The summed E-state index contributed by atoms with van der Waals surface area (Å²) in [7, 11) is 0. The van der Waals surface area contributed by atoms with Gasteiger partial charge in [-0.15, -0.1) is 0 Å². The number of ether oxygens (including phenoxy) is 2. The van der Waals surface area contributed by atoms with Gasteiger partial charge in [0.1, 0.15) is 0 Å². The first-order valence-electron chi connectivity index (χ1n) is 6.30. The largest absolute Gasteiger partial charge is 0.335 e. The molecule has 2 aliphatic rings. The summed E-state index contributed by atoms with van der Waals surface area (Å²) in [6.07, 6.45) is 0. The molecule has 1 spiro atoms. The quantitative estimate of drug-likeness (QED) is 0.723. The monoisotopic (exact) mass is 252 g/mol. The minimum absolute atomic E-state index is 0.0979. The van der Waals surface area contributed by atoms with Crippen LogP contribution in [0.2, 0.25) is 0 Å². The van der Waals surface area contributed by atoms with Crippen molar-refractivity contribution in [1.29, 1.82) is 0 Å². The fraction of sp³-hybridized carbons (Fsp3) is 0.188. The summed E-state index contributed by atoms with van der Waals surface area (Å²) < 4.78 is 11.6. The molecule has 0 aromatic heterocycles. The maximum atomic E-state index is 12.8. The number of hydrogen-bond donors (Lipinski definition) is 0. The molecule has 3 heteroatoms. The van der Waals surface area contributed by atoms with E-state index in [0.717, 1.165) is 16.7 Å². The summed E-state index contributed by atoms with van der Waals surface area (Å²) in [5, 5.41) is 0. The van der Waals surface area contributed by atoms with E-state index in [1.54, 1.807) is 0 Å². The van der Waals surface area contributed by atoms with Crippen LogP contribution in [0.5, 0.6) is 0 Å². The molecule has 19 heavy (non-hydrogen) atoms. The van der Waals surface area contributed by atoms with Crippen LogP contribution in [0.3, 0.4) is 0 Å². The molecule has 2 heterocycles. The van der Waals surface area contributed by atoms with E-state index < -0.39 is 5.79 Å². The van der Waals surface area contributed by atoms with Gasteiger partial charge in [0.25, 0.3) is 5.79 Å². The van der Waals surface area contributed by atoms with Gasteiger partial charge in [-0.25, -0.2) is 0 Å². The van der Waals surface area contributed by atoms with Crippen molar-refractivity contribution in [2.45, 2.75) is 19.0 Å². The lowest BCUT2D eigenvalue weighted by Gasteiger charge is -2.32. The first-order chi connectivity index (χ1) is 9.31. The first-order valence-corrected chi connectivity index (χ1v) is 6.30. The molecule has 0 unspecified atom stereocenters. The Hall–Kier alpha value is -1.97. The molecule has 3 nitrogen and oxygen atoms in total. The Morgan fingerprint density at radius 2 is 1.47 bits per heavy atom. The van der Waals surface area contributed by atoms with Crippen molar-refractivity contribution in [1.82, 2.24) is 0 Å². The normalized spacial score (nSPS) is 24.3. The van der Waals surface area contributed by atoms with Crippen LogP contribution in [0.25, 0.3) is 0 Å². The third-order valence-electron chi connectivity index (χ3n) is 3.79. The van der Waals surface area contributed by atoms with Crippen LogP contribution in [-0.4, -0.2) is 5.78 Å². The topological polar surface area (TPSA) is 35.5 Å². The highest BCUT2D eigenvalue weighted by molar-refractivity contribution is 6.04. The van der Waals surface area contributed by atoms with E-state index >= 15 is 0 Å². The van der Waals surface area contributed by atoms with Gasteiger partial charge in [-0.05, 0) is 11.1 Å². The molecule has 2 aromatic carbocycles. The van der Waals surface area contributed by atoms with Crippen LogP contribution in [0.1, 0.15) is 27.0 Å². The van der Waals surface area contributed by atoms with Gasteiger partial charge in [0.15, 0.2) is 0 Å². The highest BCUT2D eigenvalue weighted by atomic mass is 16.7. The minimum atomic E-state index is -1.23. The molecule has 2 aliphatic heterocycles. The van der Waals surface area contributed by atoms with Crippen molar-refractivity contribution in [2.24, 2.45) is 0 Å².